The second kappa shape index (κ2) is 3.84. The molecule has 0 spiro atoms. The summed E-state index contributed by atoms with van der Waals surface area (Å²) in [4.78, 5) is 1.54. The fourth-order valence-corrected chi connectivity index (χ4v) is 4.20. The predicted octanol–water partition coefficient (Wildman–Crippen LogP) is 3.14. The van der Waals surface area contributed by atoms with Crippen molar-refractivity contribution in [2.24, 2.45) is 5.92 Å². The molecular weight excluding hydrogens is 202 g/mol. The van der Waals surface area contributed by atoms with Gasteiger partial charge in [-0.3, -0.25) is 0 Å². The van der Waals surface area contributed by atoms with E-state index in [2.05, 4.69) is 42.2 Å². The van der Waals surface area contributed by atoms with Crippen LogP contribution in [0.15, 0.2) is 23.1 Å². The van der Waals surface area contributed by atoms with Gasteiger partial charge in [-0.15, -0.1) is 11.8 Å². The van der Waals surface area contributed by atoms with Crippen LogP contribution in [-0.2, 0) is 0 Å². The maximum absolute atomic E-state index is 3.69. The Morgan fingerprint density at radius 1 is 1.40 bits per heavy atom. The first-order chi connectivity index (χ1) is 7.36. The Morgan fingerprint density at radius 3 is 3.27 bits per heavy atom. The Hall–Kier alpha value is -0.470. The first-order valence-corrected chi connectivity index (χ1v) is 6.80. The monoisotopic (exact) mass is 219 g/mol. The van der Waals surface area contributed by atoms with Gasteiger partial charge in [0.15, 0.2) is 0 Å². The van der Waals surface area contributed by atoms with Crippen LogP contribution in [0.1, 0.15) is 30.0 Å². The number of hydrogen-bond donors (Lipinski definition) is 1. The van der Waals surface area contributed by atoms with E-state index in [-0.39, 0.29) is 0 Å². The van der Waals surface area contributed by atoms with E-state index in [1.807, 2.05) is 0 Å². The Morgan fingerprint density at radius 2 is 2.33 bits per heavy atom. The molecule has 0 aliphatic carbocycles. The Labute approximate surface area is 95.6 Å². The van der Waals surface area contributed by atoms with Gasteiger partial charge in [0, 0.05) is 16.7 Å². The number of aryl methyl sites for hydroxylation is 1. The largest absolute Gasteiger partial charge is 0.310 e. The van der Waals surface area contributed by atoms with Gasteiger partial charge in [-0.25, -0.2) is 0 Å². The molecule has 1 aromatic rings. The third-order valence-corrected chi connectivity index (χ3v) is 5.05. The van der Waals surface area contributed by atoms with Gasteiger partial charge in [-0.1, -0.05) is 18.2 Å². The van der Waals surface area contributed by atoms with Gasteiger partial charge in [0.1, 0.15) is 0 Å². The van der Waals surface area contributed by atoms with Crippen molar-refractivity contribution in [1.82, 2.24) is 5.32 Å². The van der Waals surface area contributed by atoms with E-state index in [4.69, 9.17) is 0 Å². The highest BCUT2D eigenvalue weighted by atomic mass is 32.2. The van der Waals surface area contributed by atoms with Crippen molar-refractivity contribution >= 4 is 11.8 Å². The molecule has 0 saturated carbocycles. The molecule has 15 heavy (non-hydrogen) atoms. The summed E-state index contributed by atoms with van der Waals surface area (Å²) in [6.45, 7) is 3.42. The van der Waals surface area contributed by atoms with Gasteiger partial charge in [0.2, 0.25) is 0 Å². The van der Waals surface area contributed by atoms with Crippen LogP contribution in [0.5, 0.6) is 0 Å². The van der Waals surface area contributed by atoms with E-state index in [1.165, 1.54) is 35.6 Å². The number of fused-ring (bicyclic) bond motifs is 3. The van der Waals surface area contributed by atoms with Crippen LogP contribution in [0.2, 0.25) is 0 Å². The van der Waals surface area contributed by atoms with E-state index in [0.29, 0.717) is 6.04 Å². The zero-order valence-electron chi connectivity index (χ0n) is 9.12. The van der Waals surface area contributed by atoms with Crippen molar-refractivity contribution in [3.05, 3.63) is 29.3 Å². The summed E-state index contributed by atoms with van der Waals surface area (Å²) < 4.78 is 0. The normalized spacial score (nSPS) is 29.4. The second-order valence-corrected chi connectivity index (χ2v) is 5.67. The van der Waals surface area contributed by atoms with Crippen LogP contribution in [0, 0.1) is 12.8 Å². The third-order valence-electron chi connectivity index (χ3n) is 3.61. The minimum atomic E-state index is 0.634. The van der Waals surface area contributed by atoms with Crippen LogP contribution in [0.25, 0.3) is 0 Å². The van der Waals surface area contributed by atoms with Crippen molar-refractivity contribution in [2.75, 3.05) is 12.3 Å². The van der Waals surface area contributed by atoms with Crippen LogP contribution in [0.4, 0.5) is 0 Å². The van der Waals surface area contributed by atoms with Crippen molar-refractivity contribution in [3.8, 4) is 0 Å². The predicted molar refractivity (Wildman–Crippen MR) is 65.4 cm³/mol. The number of benzene rings is 1. The summed E-state index contributed by atoms with van der Waals surface area (Å²) in [5.41, 5.74) is 3.00. The lowest BCUT2D eigenvalue weighted by molar-refractivity contribution is 0.303. The molecule has 80 valence electrons. The molecule has 1 fully saturated rings. The quantitative estimate of drug-likeness (QED) is 0.719. The van der Waals surface area contributed by atoms with E-state index in [1.54, 1.807) is 5.56 Å². The molecule has 1 nitrogen and oxygen atoms in total. The molecule has 2 heterocycles. The molecule has 2 aliphatic rings. The van der Waals surface area contributed by atoms with E-state index < -0.39 is 0 Å². The Kier molecular flexibility index (Phi) is 2.49. The van der Waals surface area contributed by atoms with Crippen molar-refractivity contribution < 1.29 is 0 Å². The SMILES string of the molecule is Cc1cccc2c1SCC1CCCNC21. The van der Waals surface area contributed by atoms with E-state index >= 15 is 0 Å². The van der Waals surface area contributed by atoms with Crippen molar-refractivity contribution in [3.63, 3.8) is 0 Å². The summed E-state index contributed by atoms with van der Waals surface area (Å²) >= 11 is 2.06. The van der Waals surface area contributed by atoms with Gasteiger partial charge >= 0.3 is 0 Å². The average Bonchev–Trinajstić information content (AvgIpc) is 2.29. The summed E-state index contributed by atoms with van der Waals surface area (Å²) in [6.07, 6.45) is 2.75. The molecule has 1 saturated heterocycles. The number of hydrogen-bond acceptors (Lipinski definition) is 2. The molecule has 3 rings (SSSR count). The van der Waals surface area contributed by atoms with Crippen LogP contribution in [-0.4, -0.2) is 12.3 Å². The van der Waals surface area contributed by atoms with Crippen LogP contribution < -0.4 is 5.32 Å². The first-order valence-electron chi connectivity index (χ1n) is 5.82. The van der Waals surface area contributed by atoms with E-state index in [0.717, 1.165) is 5.92 Å². The maximum Gasteiger partial charge on any atom is 0.0367 e. The molecule has 0 radical (unpaired) electrons. The number of piperidine rings is 1. The van der Waals surface area contributed by atoms with E-state index in [9.17, 15) is 0 Å². The van der Waals surface area contributed by atoms with Gasteiger partial charge in [-0.2, -0.15) is 0 Å². The number of rotatable bonds is 0. The van der Waals surface area contributed by atoms with Gasteiger partial charge in [0.25, 0.3) is 0 Å². The molecule has 2 atom stereocenters. The highest BCUT2D eigenvalue weighted by molar-refractivity contribution is 7.99. The minimum Gasteiger partial charge on any atom is -0.310 e. The van der Waals surface area contributed by atoms with Crippen LogP contribution in [0.3, 0.4) is 0 Å². The van der Waals surface area contributed by atoms with Gasteiger partial charge in [0.05, 0.1) is 0 Å². The lowest BCUT2D eigenvalue weighted by Crippen LogP contribution is -2.37. The summed E-state index contributed by atoms with van der Waals surface area (Å²) in [7, 11) is 0. The average molecular weight is 219 g/mol. The fourth-order valence-electron chi connectivity index (χ4n) is 2.81. The highest BCUT2D eigenvalue weighted by Gasteiger charge is 2.32. The Balaban J connectivity index is 2.03. The van der Waals surface area contributed by atoms with Gasteiger partial charge in [-0.05, 0) is 43.4 Å². The molecular formula is C13H17NS. The summed E-state index contributed by atoms with van der Waals surface area (Å²) in [5.74, 6) is 2.16. The molecule has 2 unspecified atom stereocenters. The smallest absolute Gasteiger partial charge is 0.0367 e. The topological polar surface area (TPSA) is 12.0 Å². The van der Waals surface area contributed by atoms with Crippen LogP contribution >= 0.6 is 11.8 Å². The number of thioether (sulfide) groups is 1. The second-order valence-electron chi connectivity index (χ2n) is 4.64. The molecule has 0 amide bonds. The first kappa shape index (κ1) is 9.73. The van der Waals surface area contributed by atoms with Crippen molar-refractivity contribution in [2.45, 2.75) is 30.7 Å². The van der Waals surface area contributed by atoms with Crippen molar-refractivity contribution in [1.29, 1.82) is 0 Å². The number of nitrogens with one attached hydrogen (secondary N) is 1. The maximum atomic E-state index is 3.69. The summed E-state index contributed by atoms with van der Waals surface area (Å²) in [6, 6.07) is 7.38. The molecule has 1 N–H and O–H groups in total. The molecule has 0 aromatic heterocycles. The lowest BCUT2D eigenvalue weighted by atomic mass is 9.86. The Bertz CT molecular complexity index is 375. The molecule has 0 bridgehead atoms. The standard InChI is InChI=1S/C13H17NS/c1-9-4-2-6-11-12-10(5-3-7-14-12)8-15-13(9)11/h2,4,6,10,12,14H,3,5,7-8H2,1H3. The minimum absolute atomic E-state index is 0.634. The summed E-state index contributed by atoms with van der Waals surface area (Å²) in [5, 5.41) is 3.69. The lowest BCUT2D eigenvalue weighted by Gasteiger charge is -2.38. The zero-order valence-corrected chi connectivity index (χ0v) is 9.94. The molecule has 2 aliphatic heterocycles. The zero-order chi connectivity index (χ0) is 10.3. The molecule has 1 aromatic carbocycles. The fraction of sp³-hybridized carbons (Fsp3) is 0.538. The molecule has 2 heteroatoms. The highest BCUT2D eigenvalue weighted by Crippen LogP contribution is 2.44. The van der Waals surface area contributed by atoms with Gasteiger partial charge < -0.3 is 5.32 Å². The third kappa shape index (κ3) is 1.60.